The van der Waals surface area contributed by atoms with Gasteiger partial charge < -0.3 is 9.84 Å². The molecule has 1 spiro atoms. The number of rotatable bonds is 1. The Labute approximate surface area is 93.2 Å². The van der Waals surface area contributed by atoms with Crippen LogP contribution in [0.4, 0.5) is 0 Å². The second kappa shape index (κ2) is 4.03. The molecule has 0 aromatic carbocycles. The molecule has 2 rings (SSSR count). The summed E-state index contributed by atoms with van der Waals surface area (Å²) < 4.78 is 6.57. The van der Waals surface area contributed by atoms with Crippen molar-refractivity contribution in [2.24, 2.45) is 5.41 Å². The van der Waals surface area contributed by atoms with Crippen molar-refractivity contribution in [2.45, 2.75) is 44.3 Å². The average molecular weight is 296 g/mol. The molecule has 3 heteroatoms. The molecule has 1 heterocycles. The van der Waals surface area contributed by atoms with Gasteiger partial charge in [-0.15, -0.1) is 0 Å². The first-order valence-electron chi connectivity index (χ1n) is 5.14. The van der Waals surface area contributed by atoms with E-state index >= 15 is 0 Å². The maximum absolute atomic E-state index is 10.1. The summed E-state index contributed by atoms with van der Waals surface area (Å²) in [6.45, 7) is 0.793. The van der Waals surface area contributed by atoms with Crippen LogP contribution >= 0.6 is 22.6 Å². The number of aliphatic hydroxyl groups excluding tert-OH is 1. The zero-order chi connectivity index (χ0) is 9.31. The number of halogens is 1. The number of hydrogen-bond donors (Lipinski definition) is 1. The van der Waals surface area contributed by atoms with Crippen LogP contribution < -0.4 is 0 Å². The largest absolute Gasteiger partial charge is 0.390 e. The van der Waals surface area contributed by atoms with E-state index in [2.05, 4.69) is 22.6 Å². The molecule has 1 saturated carbocycles. The Balaban J connectivity index is 2.06. The fraction of sp³-hybridized carbons (Fsp3) is 1.00. The molecule has 1 N–H and O–H groups in total. The minimum absolute atomic E-state index is 0.0960. The molecule has 13 heavy (non-hydrogen) atoms. The first kappa shape index (κ1) is 10.2. The van der Waals surface area contributed by atoms with E-state index in [0.29, 0.717) is 0 Å². The van der Waals surface area contributed by atoms with Crippen molar-refractivity contribution in [2.75, 3.05) is 11.0 Å². The van der Waals surface area contributed by atoms with Crippen LogP contribution in [-0.2, 0) is 4.74 Å². The first-order valence-corrected chi connectivity index (χ1v) is 6.67. The molecule has 0 aromatic rings. The topological polar surface area (TPSA) is 29.5 Å². The van der Waals surface area contributed by atoms with Crippen molar-refractivity contribution < 1.29 is 9.84 Å². The van der Waals surface area contributed by atoms with Gasteiger partial charge in [0.05, 0.1) is 18.8 Å². The Morgan fingerprint density at radius 2 is 2.00 bits per heavy atom. The fourth-order valence-electron chi connectivity index (χ4n) is 2.67. The lowest BCUT2D eigenvalue weighted by molar-refractivity contribution is 0.0212. The van der Waals surface area contributed by atoms with E-state index in [1.165, 1.54) is 32.1 Å². The highest BCUT2D eigenvalue weighted by atomic mass is 127. The standard InChI is InChI=1S/C10H17IO2/c11-6-8-9(12)10(7-13-8)4-2-1-3-5-10/h8-9,12H,1-7H2. The summed E-state index contributed by atoms with van der Waals surface area (Å²) in [7, 11) is 0. The highest BCUT2D eigenvalue weighted by Gasteiger charge is 2.48. The lowest BCUT2D eigenvalue weighted by Gasteiger charge is -2.35. The molecular weight excluding hydrogens is 279 g/mol. The van der Waals surface area contributed by atoms with Crippen LogP contribution in [0.5, 0.6) is 0 Å². The summed E-state index contributed by atoms with van der Waals surface area (Å²) in [5.41, 5.74) is 0.133. The monoisotopic (exact) mass is 296 g/mol. The lowest BCUT2D eigenvalue weighted by atomic mass is 9.71. The van der Waals surface area contributed by atoms with E-state index in [0.717, 1.165) is 11.0 Å². The van der Waals surface area contributed by atoms with Crippen molar-refractivity contribution >= 4 is 22.6 Å². The first-order chi connectivity index (χ1) is 6.28. The van der Waals surface area contributed by atoms with Crippen molar-refractivity contribution in [3.8, 4) is 0 Å². The van der Waals surface area contributed by atoms with Crippen molar-refractivity contribution in [3.05, 3.63) is 0 Å². The normalized spacial score (nSPS) is 38.3. The van der Waals surface area contributed by atoms with Gasteiger partial charge in [0.15, 0.2) is 0 Å². The molecule has 1 aliphatic carbocycles. The van der Waals surface area contributed by atoms with Gasteiger partial charge >= 0.3 is 0 Å². The Morgan fingerprint density at radius 1 is 1.31 bits per heavy atom. The number of hydrogen-bond acceptors (Lipinski definition) is 2. The quantitative estimate of drug-likeness (QED) is 0.593. The third kappa shape index (κ3) is 1.75. The molecule has 0 amide bonds. The maximum atomic E-state index is 10.1. The number of aliphatic hydroxyl groups is 1. The summed E-state index contributed by atoms with van der Waals surface area (Å²) >= 11 is 2.30. The van der Waals surface area contributed by atoms with Crippen molar-refractivity contribution in [1.82, 2.24) is 0 Å². The second-order valence-electron chi connectivity index (χ2n) is 4.37. The number of alkyl halides is 1. The molecule has 0 aromatic heterocycles. The predicted octanol–water partition coefficient (Wildman–Crippen LogP) is 2.13. The van der Waals surface area contributed by atoms with E-state index in [4.69, 9.17) is 4.74 Å². The zero-order valence-corrected chi connectivity index (χ0v) is 10.00. The molecular formula is C10H17IO2. The molecule has 2 unspecified atom stereocenters. The van der Waals surface area contributed by atoms with E-state index in [1.54, 1.807) is 0 Å². The SMILES string of the molecule is OC1C(CI)OCC12CCCCC2. The fourth-order valence-corrected chi connectivity index (χ4v) is 3.40. The minimum atomic E-state index is -0.204. The van der Waals surface area contributed by atoms with Crippen LogP contribution in [0.2, 0.25) is 0 Å². The van der Waals surface area contributed by atoms with Gasteiger partial charge in [0.25, 0.3) is 0 Å². The Bertz CT molecular complexity index is 178. The summed E-state index contributed by atoms with van der Waals surface area (Å²) in [6.07, 6.45) is 6.11. The van der Waals surface area contributed by atoms with Crippen LogP contribution in [0.15, 0.2) is 0 Å². The highest BCUT2D eigenvalue weighted by molar-refractivity contribution is 14.1. The Hall–Kier alpha value is 0.650. The molecule has 0 radical (unpaired) electrons. The lowest BCUT2D eigenvalue weighted by Crippen LogP contribution is -2.39. The van der Waals surface area contributed by atoms with Crippen LogP contribution in [0, 0.1) is 5.41 Å². The summed E-state index contributed by atoms with van der Waals surface area (Å²) in [5.74, 6) is 0. The second-order valence-corrected chi connectivity index (χ2v) is 5.25. The van der Waals surface area contributed by atoms with Crippen LogP contribution in [0.3, 0.4) is 0 Å². The van der Waals surface area contributed by atoms with E-state index in [-0.39, 0.29) is 17.6 Å². The number of ether oxygens (including phenoxy) is 1. The molecule has 2 aliphatic rings. The molecule has 76 valence electrons. The predicted molar refractivity (Wildman–Crippen MR) is 60.2 cm³/mol. The molecule has 1 aliphatic heterocycles. The van der Waals surface area contributed by atoms with Crippen LogP contribution in [-0.4, -0.2) is 28.3 Å². The van der Waals surface area contributed by atoms with Gasteiger partial charge in [-0.05, 0) is 12.8 Å². The van der Waals surface area contributed by atoms with Gasteiger partial charge in [-0.1, -0.05) is 41.9 Å². The summed E-state index contributed by atoms with van der Waals surface area (Å²) in [5, 5.41) is 10.1. The zero-order valence-electron chi connectivity index (χ0n) is 7.84. The molecule has 0 bridgehead atoms. The maximum Gasteiger partial charge on any atom is 0.0929 e. The molecule has 2 atom stereocenters. The minimum Gasteiger partial charge on any atom is -0.390 e. The molecule has 1 saturated heterocycles. The molecule has 2 nitrogen and oxygen atoms in total. The van der Waals surface area contributed by atoms with Crippen LogP contribution in [0.1, 0.15) is 32.1 Å². The summed E-state index contributed by atoms with van der Waals surface area (Å²) in [6, 6.07) is 0. The van der Waals surface area contributed by atoms with Gasteiger partial charge in [-0.3, -0.25) is 0 Å². The van der Waals surface area contributed by atoms with E-state index in [9.17, 15) is 5.11 Å². The Morgan fingerprint density at radius 3 is 2.54 bits per heavy atom. The smallest absolute Gasteiger partial charge is 0.0929 e. The van der Waals surface area contributed by atoms with Crippen LogP contribution in [0.25, 0.3) is 0 Å². The van der Waals surface area contributed by atoms with Gasteiger partial charge in [-0.25, -0.2) is 0 Å². The molecule has 2 fully saturated rings. The van der Waals surface area contributed by atoms with E-state index < -0.39 is 0 Å². The van der Waals surface area contributed by atoms with Gasteiger partial charge in [-0.2, -0.15) is 0 Å². The Kier molecular flexibility index (Phi) is 3.15. The average Bonchev–Trinajstić information content (AvgIpc) is 2.47. The van der Waals surface area contributed by atoms with Gasteiger partial charge in [0.1, 0.15) is 0 Å². The highest BCUT2D eigenvalue weighted by Crippen LogP contribution is 2.45. The summed E-state index contributed by atoms with van der Waals surface area (Å²) in [4.78, 5) is 0. The van der Waals surface area contributed by atoms with E-state index in [1.807, 2.05) is 0 Å². The van der Waals surface area contributed by atoms with Crippen molar-refractivity contribution in [3.63, 3.8) is 0 Å². The van der Waals surface area contributed by atoms with Crippen molar-refractivity contribution in [1.29, 1.82) is 0 Å². The van der Waals surface area contributed by atoms with Gasteiger partial charge in [0, 0.05) is 9.84 Å². The third-order valence-electron chi connectivity index (χ3n) is 3.57. The third-order valence-corrected chi connectivity index (χ3v) is 4.43. The van der Waals surface area contributed by atoms with Gasteiger partial charge in [0.2, 0.25) is 0 Å².